The molecule has 0 saturated heterocycles. The number of nitro benzene ring substituents is 1. The van der Waals surface area contributed by atoms with Crippen molar-refractivity contribution in [3.05, 3.63) is 34.4 Å². The Morgan fingerprint density at radius 3 is 2.84 bits per heavy atom. The molecule has 104 valence electrons. The SMILES string of the molecule is CCCCN[C@@H](C)C(=O)Nc1cccc([N+](=O)[O-])c1. The van der Waals surface area contributed by atoms with E-state index in [2.05, 4.69) is 17.6 Å². The molecule has 0 radical (unpaired) electrons. The van der Waals surface area contributed by atoms with E-state index in [1.54, 1.807) is 19.1 Å². The molecule has 0 aliphatic carbocycles. The number of carbonyl (C=O) groups excluding carboxylic acids is 1. The Morgan fingerprint density at radius 2 is 2.21 bits per heavy atom. The van der Waals surface area contributed by atoms with E-state index in [0.29, 0.717) is 5.69 Å². The van der Waals surface area contributed by atoms with Gasteiger partial charge in [0.25, 0.3) is 5.69 Å². The smallest absolute Gasteiger partial charge is 0.271 e. The Morgan fingerprint density at radius 1 is 1.47 bits per heavy atom. The molecule has 6 nitrogen and oxygen atoms in total. The van der Waals surface area contributed by atoms with Gasteiger partial charge in [-0.25, -0.2) is 0 Å². The largest absolute Gasteiger partial charge is 0.324 e. The van der Waals surface area contributed by atoms with Gasteiger partial charge in [-0.05, 0) is 26.0 Å². The molecule has 0 aliphatic rings. The lowest BCUT2D eigenvalue weighted by Gasteiger charge is -2.13. The van der Waals surface area contributed by atoms with Crippen molar-refractivity contribution in [1.82, 2.24) is 5.32 Å². The highest BCUT2D eigenvalue weighted by Crippen LogP contribution is 2.17. The fourth-order valence-corrected chi connectivity index (χ4v) is 1.54. The topological polar surface area (TPSA) is 84.3 Å². The summed E-state index contributed by atoms with van der Waals surface area (Å²) in [4.78, 5) is 22.0. The van der Waals surface area contributed by atoms with Gasteiger partial charge in [0, 0.05) is 17.8 Å². The maximum absolute atomic E-state index is 11.8. The number of unbranched alkanes of at least 4 members (excludes halogenated alkanes) is 1. The molecule has 1 aromatic carbocycles. The molecule has 0 fully saturated rings. The Hall–Kier alpha value is -1.95. The van der Waals surface area contributed by atoms with Crippen LogP contribution in [0.15, 0.2) is 24.3 Å². The van der Waals surface area contributed by atoms with Crippen LogP contribution in [0.2, 0.25) is 0 Å². The number of nitro groups is 1. The number of amides is 1. The molecule has 1 amide bonds. The van der Waals surface area contributed by atoms with Crippen molar-refractivity contribution in [3.63, 3.8) is 0 Å². The Labute approximate surface area is 112 Å². The average molecular weight is 265 g/mol. The monoisotopic (exact) mass is 265 g/mol. The number of benzene rings is 1. The highest BCUT2D eigenvalue weighted by molar-refractivity contribution is 5.94. The molecule has 0 aliphatic heterocycles. The van der Waals surface area contributed by atoms with Crippen LogP contribution in [0.1, 0.15) is 26.7 Å². The summed E-state index contributed by atoms with van der Waals surface area (Å²) in [6.45, 7) is 4.62. The lowest BCUT2D eigenvalue weighted by atomic mass is 10.2. The summed E-state index contributed by atoms with van der Waals surface area (Å²) in [6, 6.07) is 5.58. The summed E-state index contributed by atoms with van der Waals surface area (Å²) in [5, 5.41) is 16.4. The van der Waals surface area contributed by atoms with Gasteiger partial charge in [0.1, 0.15) is 0 Å². The zero-order valence-electron chi connectivity index (χ0n) is 11.2. The highest BCUT2D eigenvalue weighted by atomic mass is 16.6. The van der Waals surface area contributed by atoms with Gasteiger partial charge in [-0.15, -0.1) is 0 Å². The average Bonchev–Trinajstić information content (AvgIpc) is 2.39. The van der Waals surface area contributed by atoms with Crippen molar-refractivity contribution in [2.75, 3.05) is 11.9 Å². The molecule has 6 heteroatoms. The summed E-state index contributed by atoms with van der Waals surface area (Å²) >= 11 is 0. The van der Waals surface area contributed by atoms with Crippen LogP contribution in [0.5, 0.6) is 0 Å². The summed E-state index contributed by atoms with van der Waals surface area (Å²) in [7, 11) is 0. The van der Waals surface area contributed by atoms with Gasteiger partial charge in [0.2, 0.25) is 5.91 Å². The fourth-order valence-electron chi connectivity index (χ4n) is 1.54. The number of anilines is 1. The first-order chi connectivity index (χ1) is 9.04. The molecule has 1 rings (SSSR count). The van der Waals surface area contributed by atoms with Gasteiger partial charge < -0.3 is 10.6 Å². The van der Waals surface area contributed by atoms with E-state index in [9.17, 15) is 14.9 Å². The molecule has 19 heavy (non-hydrogen) atoms. The molecule has 2 N–H and O–H groups in total. The lowest BCUT2D eigenvalue weighted by molar-refractivity contribution is -0.384. The van der Waals surface area contributed by atoms with Crippen LogP contribution < -0.4 is 10.6 Å². The number of nitrogens with one attached hydrogen (secondary N) is 2. The van der Waals surface area contributed by atoms with Crippen LogP contribution in [-0.4, -0.2) is 23.4 Å². The first-order valence-corrected chi connectivity index (χ1v) is 6.33. The van der Waals surface area contributed by atoms with Crippen LogP contribution in [0, 0.1) is 10.1 Å². The Kier molecular flexibility index (Phi) is 5.95. The minimum absolute atomic E-state index is 0.0376. The molecular formula is C13H19N3O3. The number of nitrogens with zero attached hydrogens (tertiary/aromatic N) is 1. The molecule has 0 saturated carbocycles. The van der Waals surface area contributed by atoms with Crippen LogP contribution in [0.25, 0.3) is 0 Å². The summed E-state index contributed by atoms with van der Waals surface area (Å²) < 4.78 is 0. The molecular weight excluding hydrogens is 246 g/mol. The van der Waals surface area contributed by atoms with E-state index < -0.39 is 4.92 Å². The molecule has 0 spiro atoms. The second-order valence-corrected chi connectivity index (χ2v) is 4.33. The number of hydrogen-bond donors (Lipinski definition) is 2. The quantitative estimate of drug-likeness (QED) is 0.450. The molecule has 1 aromatic rings. The van der Waals surface area contributed by atoms with E-state index in [1.807, 2.05) is 0 Å². The third kappa shape index (κ3) is 5.05. The van der Waals surface area contributed by atoms with E-state index in [1.165, 1.54) is 12.1 Å². The van der Waals surface area contributed by atoms with E-state index >= 15 is 0 Å². The normalized spacial score (nSPS) is 11.9. The summed E-state index contributed by atoms with van der Waals surface area (Å²) in [5.74, 6) is -0.198. The van der Waals surface area contributed by atoms with Crippen molar-refractivity contribution in [2.24, 2.45) is 0 Å². The molecule has 1 atom stereocenters. The number of non-ortho nitro benzene ring substituents is 1. The van der Waals surface area contributed by atoms with Crippen molar-refractivity contribution in [1.29, 1.82) is 0 Å². The maximum Gasteiger partial charge on any atom is 0.271 e. The highest BCUT2D eigenvalue weighted by Gasteiger charge is 2.13. The van der Waals surface area contributed by atoms with Gasteiger partial charge in [-0.1, -0.05) is 19.4 Å². The van der Waals surface area contributed by atoms with Crippen molar-refractivity contribution in [2.45, 2.75) is 32.7 Å². The second-order valence-electron chi connectivity index (χ2n) is 4.33. The second kappa shape index (κ2) is 7.48. The van der Waals surface area contributed by atoms with Gasteiger partial charge >= 0.3 is 0 Å². The third-order valence-corrected chi connectivity index (χ3v) is 2.70. The molecule has 0 aromatic heterocycles. The summed E-state index contributed by atoms with van der Waals surface area (Å²) in [5.41, 5.74) is 0.396. The Balaban J connectivity index is 2.56. The standard InChI is InChI=1S/C13H19N3O3/c1-3-4-8-14-10(2)13(17)15-11-6-5-7-12(9-11)16(18)19/h5-7,9-10,14H,3-4,8H2,1-2H3,(H,15,17)/t10-/m0/s1. The third-order valence-electron chi connectivity index (χ3n) is 2.70. The van der Waals surface area contributed by atoms with E-state index in [4.69, 9.17) is 0 Å². The van der Waals surface area contributed by atoms with Gasteiger partial charge in [-0.3, -0.25) is 14.9 Å². The van der Waals surface area contributed by atoms with Crippen LogP contribution in [0.4, 0.5) is 11.4 Å². The number of carbonyl (C=O) groups is 1. The lowest BCUT2D eigenvalue weighted by Crippen LogP contribution is -2.38. The fraction of sp³-hybridized carbons (Fsp3) is 0.462. The van der Waals surface area contributed by atoms with Crippen LogP contribution >= 0.6 is 0 Å². The van der Waals surface area contributed by atoms with Crippen molar-refractivity contribution in [3.8, 4) is 0 Å². The van der Waals surface area contributed by atoms with Crippen molar-refractivity contribution >= 4 is 17.3 Å². The summed E-state index contributed by atoms with van der Waals surface area (Å²) in [6.07, 6.45) is 2.07. The van der Waals surface area contributed by atoms with Gasteiger partial charge in [0.05, 0.1) is 11.0 Å². The number of rotatable bonds is 7. The Bertz CT molecular complexity index is 449. The van der Waals surface area contributed by atoms with Gasteiger partial charge in [-0.2, -0.15) is 0 Å². The predicted molar refractivity (Wildman–Crippen MR) is 74.1 cm³/mol. The zero-order valence-corrected chi connectivity index (χ0v) is 11.2. The van der Waals surface area contributed by atoms with Crippen LogP contribution in [0.3, 0.4) is 0 Å². The zero-order chi connectivity index (χ0) is 14.3. The van der Waals surface area contributed by atoms with E-state index in [-0.39, 0.29) is 17.6 Å². The van der Waals surface area contributed by atoms with Crippen molar-refractivity contribution < 1.29 is 9.72 Å². The minimum atomic E-state index is -0.488. The number of hydrogen-bond acceptors (Lipinski definition) is 4. The maximum atomic E-state index is 11.8. The molecule has 0 unspecified atom stereocenters. The van der Waals surface area contributed by atoms with E-state index in [0.717, 1.165) is 19.4 Å². The molecule has 0 heterocycles. The van der Waals surface area contributed by atoms with Gasteiger partial charge in [0.15, 0.2) is 0 Å². The minimum Gasteiger partial charge on any atom is -0.324 e. The van der Waals surface area contributed by atoms with Crippen LogP contribution in [-0.2, 0) is 4.79 Å². The molecule has 0 bridgehead atoms. The first kappa shape index (κ1) is 15.1. The predicted octanol–water partition coefficient (Wildman–Crippen LogP) is 2.31. The first-order valence-electron chi connectivity index (χ1n) is 6.33.